The summed E-state index contributed by atoms with van der Waals surface area (Å²) in [5.74, 6) is 0.787. The molecule has 9 nitrogen and oxygen atoms in total. The first-order valence-corrected chi connectivity index (χ1v) is 11.6. The number of aryl methyl sites for hydroxylation is 1. The molecule has 0 bridgehead atoms. The Balaban J connectivity index is 2.35. The normalized spacial score (nSPS) is 15.0. The number of hydrogen-bond donors (Lipinski definition) is 3. The molecule has 2 aromatic rings. The number of aliphatic imine (C=N–C) groups is 2. The molecule has 0 fully saturated rings. The van der Waals surface area contributed by atoms with Gasteiger partial charge in [-0.3, -0.25) is 4.99 Å². The summed E-state index contributed by atoms with van der Waals surface area (Å²) in [7, 11) is -2.45. The van der Waals surface area contributed by atoms with E-state index in [0.29, 0.717) is 12.2 Å². The first-order valence-electron chi connectivity index (χ1n) is 9.32. The minimum Gasteiger partial charge on any atom is -0.504 e. The summed E-state index contributed by atoms with van der Waals surface area (Å²) < 4.78 is 32.2. The maximum absolute atomic E-state index is 12.8. The van der Waals surface area contributed by atoms with Crippen molar-refractivity contribution in [3.8, 4) is 5.75 Å². The lowest BCUT2D eigenvalue weighted by molar-refractivity contribution is 0.291. The molecule has 0 saturated carbocycles. The van der Waals surface area contributed by atoms with Crippen LogP contribution in [0, 0.1) is 6.92 Å². The quantitative estimate of drug-likeness (QED) is 0.450. The van der Waals surface area contributed by atoms with Crippen LogP contribution in [0.5, 0.6) is 5.75 Å². The summed E-state index contributed by atoms with van der Waals surface area (Å²) in [4.78, 5) is 8.45. The molecule has 30 heavy (non-hydrogen) atoms. The van der Waals surface area contributed by atoms with Crippen molar-refractivity contribution in [3.05, 3.63) is 29.0 Å². The highest BCUT2D eigenvalue weighted by atomic mass is 32.2. The molecule has 0 spiro atoms. The van der Waals surface area contributed by atoms with Gasteiger partial charge >= 0.3 is 0 Å². The largest absolute Gasteiger partial charge is 0.504 e. The van der Waals surface area contributed by atoms with Crippen LogP contribution in [0.1, 0.15) is 51.7 Å². The highest BCUT2D eigenvalue weighted by Gasteiger charge is 2.34. The number of aromatic hydroxyl groups is 1. The number of furan rings is 1. The summed E-state index contributed by atoms with van der Waals surface area (Å²) in [5, 5.41) is 11.9. The van der Waals surface area contributed by atoms with Gasteiger partial charge in [-0.05, 0) is 46.2 Å². The lowest BCUT2D eigenvalue weighted by Crippen LogP contribution is -2.42. The molecule has 0 aliphatic heterocycles. The average Bonchev–Trinajstić information content (AvgIpc) is 3.24. The predicted octanol–water partition coefficient (Wildman–Crippen LogP) is 3.27. The van der Waals surface area contributed by atoms with Crippen LogP contribution < -0.4 is 11.5 Å². The van der Waals surface area contributed by atoms with Gasteiger partial charge in [0.1, 0.15) is 23.2 Å². The maximum atomic E-state index is 12.8. The summed E-state index contributed by atoms with van der Waals surface area (Å²) in [6.07, 6.45) is 0.631. The monoisotopic (exact) mass is 455 g/mol. The lowest BCUT2D eigenvalue weighted by Gasteiger charge is -2.30. The van der Waals surface area contributed by atoms with Gasteiger partial charge in [0.2, 0.25) is 0 Å². The molecule has 2 rings (SSSR count). The van der Waals surface area contributed by atoms with Gasteiger partial charge in [-0.15, -0.1) is 11.3 Å². The van der Waals surface area contributed by atoms with Gasteiger partial charge in [-0.2, -0.15) is 4.31 Å². The second-order valence-corrected chi connectivity index (χ2v) is 10.8. The third-order valence-electron chi connectivity index (χ3n) is 4.53. The summed E-state index contributed by atoms with van der Waals surface area (Å²) in [5.41, 5.74) is 11.3. The molecule has 1 atom stereocenters. The summed E-state index contributed by atoms with van der Waals surface area (Å²) in [6.45, 7) is 9.04. The van der Waals surface area contributed by atoms with Crippen molar-refractivity contribution in [2.75, 3.05) is 7.05 Å². The fraction of sp³-hybridized carbons (Fsp3) is 0.474. The number of thiophene rings is 1. The lowest BCUT2D eigenvalue weighted by atomic mass is 10.1. The van der Waals surface area contributed by atoms with E-state index >= 15 is 0 Å². The number of sulfonamides is 1. The summed E-state index contributed by atoms with van der Waals surface area (Å²) in [6, 6.07) is 3.32. The zero-order valence-electron chi connectivity index (χ0n) is 18.0. The van der Waals surface area contributed by atoms with Gasteiger partial charge in [0, 0.05) is 18.0 Å². The number of nitrogens with zero attached hydrogens (tertiary/aromatic N) is 3. The molecule has 166 valence electrons. The first-order chi connectivity index (χ1) is 13.8. The van der Waals surface area contributed by atoms with Crippen LogP contribution in [0.3, 0.4) is 0 Å². The van der Waals surface area contributed by atoms with Crippen molar-refractivity contribution in [2.45, 2.75) is 56.8 Å². The highest BCUT2D eigenvalue weighted by Crippen LogP contribution is 2.41. The molecule has 0 unspecified atom stereocenters. The Morgan fingerprint density at radius 1 is 1.30 bits per heavy atom. The Hall–Kier alpha value is -2.37. The van der Waals surface area contributed by atoms with Crippen molar-refractivity contribution in [2.24, 2.45) is 21.5 Å². The molecular formula is C19H29N5O4S2. The second kappa shape index (κ2) is 8.78. The van der Waals surface area contributed by atoms with E-state index < -0.39 is 21.3 Å². The van der Waals surface area contributed by atoms with E-state index in [0.717, 1.165) is 17.1 Å². The van der Waals surface area contributed by atoms with Crippen molar-refractivity contribution in [1.29, 1.82) is 0 Å². The molecular weight excluding hydrogens is 426 g/mol. The zero-order chi connectivity index (χ0) is 22.9. The van der Waals surface area contributed by atoms with Crippen LogP contribution in [0.15, 0.2) is 36.1 Å². The average molecular weight is 456 g/mol. The van der Waals surface area contributed by atoms with E-state index in [-0.39, 0.29) is 27.6 Å². The highest BCUT2D eigenvalue weighted by molar-refractivity contribution is 7.91. The SMILES string of the molecule is CC[C@@H](N=C(N)C(N)=Nc1csc(S(=O)(=O)N(C)C(C)(C)C)c1O)c1ccc(C)o1. The van der Waals surface area contributed by atoms with Gasteiger partial charge in [0.15, 0.2) is 21.6 Å². The first kappa shape index (κ1) is 23.9. The van der Waals surface area contributed by atoms with E-state index in [4.69, 9.17) is 15.9 Å². The Labute approximate surface area is 181 Å². The third-order valence-corrected chi connectivity index (χ3v) is 8.13. The fourth-order valence-corrected chi connectivity index (χ4v) is 5.37. The topological polar surface area (TPSA) is 148 Å². The van der Waals surface area contributed by atoms with Gasteiger partial charge in [0.05, 0.1) is 0 Å². The zero-order valence-corrected chi connectivity index (χ0v) is 19.6. The molecule has 0 amide bonds. The molecule has 2 heterocycles. The van der Waals surface area contributed by atoms with E-state index in [2.05, 4.69) is 9.98 Å². The predicted molar refractivity (Wildman–Crippen MR) is 120 cm³/mol. The van der Waals surface area contributed by atoms with Crippen LogP contribution >= 0.6 is 11.3 Å². The second-order valence-electron chi connectivity index (χ2n) is 7.78. The van der Waals surface area contributed by atoms with Crippen LogP contribution in [-0.4, -0.2) is 42.1 Å². The van der Waals surface area contributed by atoms with Gasteiger partial charge in [-0.1, -0.05) is 6.92 Å². The number of hydrogen-bond acceptors (Lipinski definition) is 7. The molecule has 0 radical (unpaired) electrons. The summed E-state index contributed by atoms with van der Waals surface area (Å²) >= 11 is 0.861. The molecule has 0 aliphatic rings. The molecule has 0 aromatic carbocycles. The molecule has 5 N–H and O–H groups in total. The van der Waals surface area contributed by atoms with Crippen LogP contribution in [0.2, 0.25) is 0 Å². The Bertz CT molecular complexity index is 1060. The van der Waals surface area contributed by atoms with E-state index in [1.54, 1.807) is 20.8 Å². The van der Waals surface area contributed by atoms with E-state index in [9.17, 15) is 13.5 Å². The van der Waals surface area contributed by atoms with Crippen molar-refractivity contribution in [1.82, 2.24) is 4.31 Å². The fourth-order valence-electron chi connectivity index (χ4n) is 2.48. The Morgan fingerprint density at radius 3 is 2.43 bits per heavy atom. The van der Waals surface area contributed by atoms with Gasteiger partial charge < -0.3 is 21.0 Å². The van der Waals surface area contributed by atoms with Crippen LogP contribution in [0.4, 0.5) is 5.69 Å². The van der Waals surface area contributed by atoms with Crippen molar-refractivity contribution in [3.63, 3.8) is 0 Å². The standard InChI is InChI=1S/C19H29N5O4S2/c1-7-12(14-9-8-11(2)28-14)22-16(20)17(21)23-13-10-29-18(15(13)25)30(26,27)24(6)19(3,4)5/h8-10,12,25H,7H2,1-6H3,(H2,20,22)(H2,21,23)/t12-/m1/s1. The van der Waals surface area contributed by atoms with Gasteiger partial charge in [-0.25, -0.2) is 13.4 Å². The van der Waals surface area contributed by atoms with Gasteiger partial charge in [0.25, 0.3) is 10.0 Å². The van der Waals surface area contributed by atoms with E-state index in [1.807, 2.05) is 26.0 Å². The smallest absolute Gasteiger partial charge is 0.256 e. The van der Waals surface area contributed by atoms with E-state index in [1.165, 1.54) is 16.7 Å². The van der Waals surface area contributed by atoms with Crippen LogP contribution in [-0.2, 0) is 10.0 Å². The van der Waals surface area contributed by atoms with Crippen molar-refractivity contribution >= 4 is 38.7 Å². The Morgan fingerprint density at radius 2 is 1.93 bits per heavy atom. The molecule has 0 saturated heterocycles. The minimum atomic E-state index is -3.90. The third kappa shape index (κ3) is 5.02. The number of rotatable bonds is 6. The number of amidine groups is 2. The van der Waals surface area contributed by atoms with Crippen LogP contribution in [0.25, 0.3) is 0 Å². The molecule has 2 aromatic heterocycles. The maximum Gasteiger partial charge on any atom is 0.256 e. The number of nitrogens with two attached hydrogens (primary N) is 2. The van der Waals surface area contributed by atoms with Crippen molar-refractivity contribution < 1.29 is 17.9 Å². The molecule has 11 heteroatoms. The Kier molecular flexibility index (Phi) is 7.00. The minimum absolute atomic E-state index is 0.0124. The molecule has 0 aliphatic carbocycles.